The zero-order chi connectivity index (χ0) is 14.1. The molecule has 0 aromatic heterocycles. The van der Waals surface area contributed by atoms with Gasteiger partial charge in [-0.15, -0.1) is 0 Å². The summed E-state index contributed by atoms with van der Waals surface area (Å²) in [5, 5.41) is 6.19. The van der Waals surface area contributed by atoms with Gasteiger partial charge < -0.3 is 20.3 Å². The van der Waals surface area contributed by atoms with Crippen molar-refractivity contribution < 1.29 is 9.53 Å². The molecule has 0 aromatic rings. The molecule has 0 fully saturated rings. The number of likely N-dealkylation sites (N-methyl/N-ethyl adjacent to an activating group) is 1. The average molecular weight is 259 g/mol. The topological polar surface area (TPSA) is 53.6 Å². The average Bonchev–Trinajstić information content (AvgIpc) is 2.23. The second kappa shape index (κ2) is 9.30. The smallest absolute Gasteiger partial charge is 0.234 e. The highest BCUT2D eigenvalue weighted by molar-refractivity contribution is 5.78. The number of carbonyl (C=O) groups is 1. The number of hydrogen-bond acceptors (Lipinski definition) is 4. The molecule has 0 aliphatic rings. The second-order valence-corrected chi connectivity index (χ2v) is 5.42. The Balaban J connectivity index is 3.99. The lowest BCUT2D eigenvalue weighted by molar-refractivity contribution is -0.121. The van der Waals surface area contributed by atoms with Crippen molar-refractivity contribution in [3.8, 4) is 0 Å². The Morgan fingerprint density at radius 3 is 2.33 bits per heavy atom. The fourth-order valence-corrected chi connectivity index (χ4v) is 1.75. The second-order valence-electron chi connectivity index (χ2n) is 5.42. The van der Waals surface area contributed by atoms with E-state index in [1.165, 1.54) is 0 Å². The summed E-state index contributed by atoms with van der Waals surface area (Å²) >= 11 is 0. The minimum atomic E-state index is 0.0176. The molecule has 18 heavy (non-hydrogen) atoms. The van der Waals surface area contributed by atoms with E-state index in [4.69, 9.17) is 4.74 Å². The van der Waals surface area contributed by atoms with Gasteiger partial charge in [-0.3, -0.25) is 4.79 Å². The molecule has 2 unspecified atom stereocenters. The van der Waals surface area contributed by atoms with Crippen LogP contribution in [0.1, 0.15) is 20.8 Å². The van der Waals surface area contributed by atoms with E-state index in [0.29, 0.717) is 25.1 Å². The van der Waals surface area contributed by atoms with Crippen molar-refractivity contribution in [1.82, 2.24) is 15.5 Å². The largest absolute Gasteiger partial charge is 0.383 e. The molecule has 5 heteroatoms. The first-order valence-corrected chi connectivity index (χ1v) is 6.53. The number of carbonyl (C=O) groups excluding carboxylic acids is 1. The van der Waals surface area contributed by atoms with Gasteiger partial charge in [-0.05, 0) is 26.9 Å². The zero-order valence-corrected chi connectivity index (χ0v) is 12.6. The van der Waals surface area contributed by atoms with Gasteiger partial charge in [-0.25, -0.2) is 0 Å². The number of nitrogens with zero attached hydrogens (tertiary/aromatic N) is 1. The molecule has 0 aliphatic heterocycles. The van der Waals surface area contributed by atoms with Gasteiger partial charge in [0.15, 0.2) is 0 Å². The van der Waals surface area contributed by atoms with Crippen molar-refractivity contribution in [2.75, 3.05) is 40.9 Å². The monoisotopic (exact) mass is 259 g/mol. The van der Waals surface area contributed by atoms with Crippen LogP contribution >= 0.6 is 0 Å². The molecule has 0 radical (unpaired) electrons. The van der Waals surface area contributed by atoms with Gasteiger partial charge >= 0.3 is 0 Å². The van der Waals surface area contributed by atoms with Crippen LogP contribution in [-0.2, 0) is 9.53 Å². The molecule has 0 aromatic carbocycles. The molecule has 0 saturated heterocycles. The summed E-state index contributed by atoms with van der Waals surface area (Å²) in [6, 6.07) is 0.374. The van der Waals surface area contributed by atoms with Crippen molar-refractivity contribution in [2.45, 2.75) is 32.9 Å². The Morgan fingerprint density at radius 2 is 1.89 bits per heavy atom. The van der Waals surface area contributed by atoms with E-state index in [2.05, 4.69) is 29.4 Å². The van der Waals surface area contributed by atoms with Gasteiger partial charge in [0.05, 0.1) is 13.2 Å². The first-order valence-electron chi connectivity index (χ1n) is 6.53. The van der Waals surface area contributed by atoms with Crippen LogP contribution in [0.15, 0.2) is 0 Å². The molecule has 0 saturated carbocycles. The third-order valence-electron chi connectivity index (χ3n) is 2.72. The molecule has 5 nitrogen and oxygen atoms in total. The third kappa shape index (κ3) is 8.44. The minimum absolute atomic E-state index is 0.0176. The van der Waals surface area contributed by atoms with Crippen molar-refractivity contribution in [1.29, 1.82) is 0 Å². The lowest BCUT2D eigenvalue weighted by atomic mass is 10.0. The van der Waals surface area contributed by atoms with Crippen LogP contribution < -0.4 is 10.6 Å². The fourth-order valence-electron chi connectivity index (χ4n) is 1.75. The Hall–Kier alpha value is -0.650. The molecule has 0 spiro atoms. The van der Waals surface area contributed by atoms with E-state index in [1.54, 1.807) is 7.11 Å². The van der Waals surface area contributed by atoms with Crippen LogP contribution in [0.3, 0.4) is 0 Å². The van der Waals surface area contributed by atoms with Crippen molar-refractivity contribution in [3.63, 3.8) is 0 Å². The maximum Gasteiger partial charge on any atom is 0.234 e. The summed E-state index contributed by atoms with van der Waals surface area (Å²) in [6.45, 7) is 8.07. The quantitative estimate of drug-likeness (QED) is 0.626. The number of nitrogens with one attached hydrogen (secondary N) is 2. The molecular weight excluding hydrogens is 230 g/mol. The van der Waals surface area contributed by atoms with E-state index in [-0.39, 0.29) is 11.9 Å². The van der Waals surface area contributed by atoms with E-state index in [9.17, 15) is 4.79 Å². The van der Waals surface area contributed by atoms with E-state index in [1.807, 2.05) is 21.0 Å². The highest BCUT2D eigenvalue weighted by atomic mass is 16.5. The lowest BCUT2D eigenvalue weighted by Crippen LogP contribution is -2.48. The first kappa shape index (κ1) is 17.4. The number of rotatable bonds is 9. The highest BCUT2D eigenvalue weighted by Gasteiger charge is 2.15. The molecule has 0 rings (SSSR count). The maximum absolute atomic E-state index is 11.7. The molecule has 2 atom stereocenters. The van der Waals surface area contributed by atoms with Gasteiger partial charge in [-0.2, -0.15) is 0 Å². The number of methoxy groups -OCH3 is 1. The van der Waals surface area contributed by atoms with Crippen LogP contribution in [0.2, 0.25) is 0 Å². The molecule has 0 aliphatic carbocycles. The molecule has 108 valence electrons. The zero-order valence-electron chi connectivity index (χ0n) is 12.6. The summed E-state index contributed by atoms with van der Waals surface area (Å²) in [5.41, 5.74) is 0. The number of ether oxygens (including phenoxy) is 1. The van der Waals surface area contributed by atoms with E-state index < -0.39 is 0 Å². The summed E-state index contributed by atoms with van der Waals surface area (Å²) in [7, 11) is 5.71. The third-order valence-corrected chi connectivity index (χ3v) is 2.72. The van der Waals surface area contributed by atoms with Crippen LogP contribution in [-0.4, -0.2) is 63.8 Å². The standard InChI is InChI=1S/C13H29N3O2/c1-10(2)12(8-16(4)5)14-7-13(17)15-11(3)9-18-6/h10-12,14H,7-9H2,1-6H3,(H,15,17). The van der Waals surface area contributed by atoms with Gasteiger partial charge in [-0.1, -0.05) is 13.8 Å². The molecule has 0 heterocycles. The first-order chi connectivity index (χ1) is 8.36. The fraction of sp³-hybridized carbons (Fsp3) is 0.923. The predicted octanol–water partition coefficient (Wildman–Crippen LogP) is 0.313. The summed E-state index contributed by atoms with van der Waals surface area (Å²) in [6.07, 6.45) is 0. The van der Waals surface area contributed by atoms with E-state index >= 15 is 0 Å². The van der Waals surface area contributed by atoms with Gasteiger partial charge in [0.1, 0.15) is 0 Å². The number of amides is 1. The number of hydrogen-bond donors (Lipinski definition) is 2. The van der Waals surface area contributed by atoms with Crippen molar-refractivity contribution >= 4 is 5.91 Å². The normalized spacial score (nSPS) is 14.9. The summed E-state index contributed by atoms with van der Waals surface area (Å²) in [4.78, 5) is 13.8. The summed E-state index contributed by atoms with van der Waals surface area (Å²) < 4.78 is 4.98. The van der Waals surface area contributed by atoms with Gasteiger partial charge in [0.25, 0.3) is 0 Å². The molecular formula is C13H29N3O2. The van der Waals surface area contributed by atoms with Gasteiger partial charge in [0, 0.05) is 25.7 Å². The summed E-state index contributed by atoms with van der Waals surface area (Å²) in [5.74, 6) is 0.514. The predicted molar refractivity (Wildman–Crippen MR) is 74.7 cm³/mol. The Morgan fingerprint density at radius 1 is 1.28 bits per heavy atom. The SMILES string of the molecule is COCC(C)NC(=O)CNC(CN(C)C)C(C)C. The Kier molecular flexibility index (Phi) is 8.97. The highest BCUT2D eigenvalue weighted by Crippen LogP contribution is 2.02. The molecule has 1 amide bonds. The molecule has 2 N–H and O–H groups in total. The lowest BCUT2D eigenvalue weighted by Gasteiger charge is -2.25. The Labute approximate surface area is 111 Å². The maximum atomic E-state index is 11.7. The van der Waals surface area contributed by atoms with Gasteiger partial charge in [0.2, 0.25) is 5.91 Å². The van der Waals surface area contributed by atoms with Crippen LogP contribution in [0, 0.1) is 5.92 Å². The minimum Gasteiger partial charge on any atom is -0.383 e. The Bertz CT molecular complexity index is 232. The van der Waals surface area contributed by atoms with E-state index in [0.717, 1.165) is 6.54 Å². The van der Waals surface area contributed by atoms with Crippen LogP contribution in [0.5, 0.6) is 0 Å². The van der Waals surface area contributed by atoms with Crippen LogP contribution in [0.25, 0.3) is 0 Å². The van der Waals surface area contributed by atoms with Crippen molar-refractivity contribution in [3.05, 3.63) is 0 Å². The van der Waals surface area contributed by atoms with Crippen LogP contribution in [0.4, 0.5) is 0 Å². The van der Waals surface area contributed by atoms with Crippen molar-refractivity contribution in [2.24, 2.45) is 5.92 Å². The molecule has 0 bridgehead atoms.